The van der Waals surface area contributed by atoms with Crippen LogP contribution in [0.4, 0.5) is 0 Å². The number of rotatable bonds is 5. The Bertz CT molecular complexity index is 1090. The van der Waals surface area contributed by atoms with E-state index < -0.39 is 0 Å². The normalized spacial score (nSPS) is 11.3. The van der Waals surface area contributed by atoms with E-state index in [2.05, 4.69) is 36.2 Å². The molecule has 4 aromatic rings. The average molecular weight is 365 g/mol. The van der Waals surface area contributed by atoms with Gasteiger partial charge in [-0.05, 0) is 37.6 Å². The number of hydrogen-bond acceptors (Lipinski definition) is 4. The molecule has 0 saturated carbocycles. The molecule has 3 heterocycles. The van der Waals surface area contributed by atoms with Gasteiger partial charge in [-0.3, -0.25) is 9.36 Å². The van der Waals surface area contributed by atoms with Gasteiger partial charge >= 0.3 is 0 Å². The summed E-state index contributed by atoms with van der Waals surface area (Å²) in [4.78, 5) is 20.8. The Labute approximate surface area is 155 Å². The molecule has 0 aliphatic carbocycles. The van der Waals surface area contributed by atoms with Crippen LogP contribution in [0, 0.1) is 13.8 Å². The van der Waals surface area contributed by atoms with Crippen molar-refractivity contribution in [2.45, 2.75) is 31.3 Å². The number of aryl methyl sites for hydroxylation is 2. The first-order valence-corrected chi connectivity index (χ1v) is 9.39. The van der Waals surface area contributed by atoms with E-state index in [1.165, 1.54) is 11.1 Å². The van der Waals surface area contributed by atoms with Crippen molar-refractivity contribution in [3.8, 4) is 0 Å². The van der Waals surface area contributed by atoms with Crippen molar-refractivity contribution in [1.82, 2.24) is 14.5 Å². The van der Waals surface area contributed by atoms with Crippen LogP contribution >= 0.6 is 11.8 Å². The first kappa shape index (κ1) is 16.7. The molecule has 1 aromatic carbocycles. The minimum atomic E-state index is -0.0779. The lowest BCUT2D eigenvalue weighted by atomic mass is 10.2. The van der Waals surface area contributed by atoms with Crippen LogP contribution < -0.4 is 5.56 Å². The van der Waals surface area contributed by atoms with Gasteiger partial charge in [-0.15, -0.1) is 0 Å². The van der Waals surface area contributed by atoms with Crippen LogP contribution in [0.1, 0.15) is 22.6 Å². The summed E-state index contributed by atoms with van der Waals surface area (Å²) in [7, 11) is 0. The average Bonchev–Trinajstić information content (AvgIpc) is 3.26. The molecule has 132 valence electrons. The fourth-order valence-corrected chi connectivity index (χ4v) is 3.81. The number of hydrogen-bond donors (Lipinski definition) is 1. The minimum absolute atomic E-state index is 0.0779. The Morgan fingerprint density at radius 3 is 2.73 bits per heavy atom. The molecule has 5 nitrogen and oxygen atoms in total. The van der Waals surface area contributed by atoms with Crippen LogP contribution in [-0.4, -0.2) is 14.5 Å². The first-order chi connectivity index (χ1) is 12.6. The predicted octanol–water partition coefficient (Wildman–Crippen LogP) is 4.28. The number of furan rings is 1. The molecule has 1 N–H and O–H groups in total. The monoisotopic (exact) mass is 365 g/mol. The fourth-order valence-electron chi connectivity index (χ4n) is 2.85. The van der Waals surface area contributed by atoms with E-state index in [0.29, 0.717) is 22.7 Å². The summed E-state index contributed by atoms with van der Waals surface area (Å²) in [5.41, 5.74) is 4.52. The lowest BCUT2D eigenvalue weighted by Crippen LogP contribution is -2.23. The van der Waals surface area contributed by atoms with E-state index in [1.807, 2.05) is 25.1 Å². The van der Waals surface area contributed by atoms with Crippen LogP contribution in [0.15, 0.2) is 63.1 Å². The molecule has 0 fully saturated rings. The Morgan fingerprint density at radius 1 is 1.19 bits per heavy atom. The molecule has 0 saturated heterocycles. The summed E-state index contributed by atoms with van der Waals surface area (Å²) in [5.74, 6) is 1.48. The maximum absolute atomic E-state index is 13.0. The van der Waals surface area contributed by atoms with Gasteiger partial charge in [-0.1, -0.05) is 41.6 Å². The maximum Gasteiger partial charge on any atom is 0.278 e. The van der Waals surface area contributed by atoms with Crippen LogP contribution in [-0.2, 0) is 12.3 Å². The number of benzene rings is 1. The third-order valence-corrected chi connectivity index (χ3v) is 5.27. The number of H-pyrrole nitrogens is 1. The molecule has 0 radical (unpaired) electrons. The van der Waals surface area contributed by atoms with Crippen LogP contribution in [0.2, 0.25) is 0 Å². The third kappa shape index (κ3) is 3.32. The van der Waals surface area contributed by atoms with Crippen LogP contribution in [0.3, 0.4) is 0 Å². The van der Waals surface area contributed by atoms with Gasteiger partial charge < -0.3 is 9.40 Å². The summed E-state index contributed by atoms with van der Waals surface area (Å²) in [5, 5.41) is 0.693. The number of aromatic nitrogens is 3. The molecule has 4 rings (SSSR count). The van der Waals surface area contributed by atoms with E-state index >= 15 is 0 Å². The Kier molecular flexibility index (Phi) is 4.42. The summed E-state index contributed by atoms with van der Waals surface area (Å²) >= 11 is 1.56. The highest BCUT2D eigenvalue weighted by molar-refractivity contribution is 7.98. The van der Waals surface area contributed by atoms with Crippen molar-refractivity contribution in [2.75, 3.05) is 0 Å². The molecule has 0 amide bonds. The molecule has 0 aliphatic heterocycles. The number of nitrogens with one attached hydrogen (secondary N) is 1. The number of fused-ring (bicyclic) bond motifs is 1. The van der Waals surface area contributed by atoms with E-state index in [1.54, 1.807) is 22.6 Å². The number of aromatic amines is 1. The van der Waals surface area contributed by atoms with E-state index in [9.17, 15) is 4.79 Å². The molecule has 6 heteroatoms. The van der Waals surface area contributed by atoms with Crippen molar-refractivity contribution in [1.29, 1.82) is 0 Å². The van der Waals surface area contributed by atoms with Gasteiger partial charge in [-0.2, -0.15) is 0 Å². The van der Waals surface area contributed by atoms with Crippen LogP contribution in [0.25, 0.3) is 11.0 Å². The summed E-state index contributed by atoms with van der Waals surface area (Å²) in [6, 6.07) is 14.0. The summed E-state index contributed by atoms with van der Waals surface area (Å²) < 4.78 is 7.11. The second-order valence-electron chi connectivity index (χ2n) is 6.35. The van der Waals surface area contributed by atoms with Crippen molar-refractivity contribution in [2.24, 2.45) is 0 Å². The fraction of sp³-hybridized carbons (Fsp3) is 0.200. The van der Waals surface area contributed by atoms with Crippen molar-refractivity contribution >= 4 is 22.8 Å². The van der Waals surface area contributed by atoms with E-state index in [0.717, 1.165) is 17.2 Å². The number of thioether (sulfide) groups is 1. The van der Waals surface area contributed by atoms with Gasteiger partial charge in [0.2, 0.25) is 0 Å². The maximum atomic E-state index is 13.0. The molecule has 0 unspecified atom stereocenters. The quantitative estimate of drug-likeness (QED) is 0.424. The smallest absolute Gasteiger partial charge is 0.278 e. The van der Waals surface area contributed by atoms with Gasteiger partial charge in [0.05, 0.1) is 18.3 Å². The molecular weight excluding hydrogens is 346 g/mol. The van der Waals surface area contributed by atoms with Gasteiger partial charge in [0, 0.05) is 11.4 Å². The van der Waals surface area contributed by atoms with Gasteiger partial charge in [0.15, 0.2) is 5.16 Å². The first-order valence-electron chi connectivity index (χ1n) is 8.41. The summed E-state index contributed by atoms with van der Waals surface area (Å²) in [6.07, 6.45) is 1.62. The highest BCUT2D eigenvalue weighted by atomic mass is 32.2. The standard InChI is InChI=1S/C20H19N3O2S/c1-13-5-7-15(8-6-13)12-26-20-22-17-10-14(2)21-18(17)19(24)23(20)11-16-4-3-9-25-16/h3-10,21H,11-12H2,1-2H3. The molecular formula is C20H19N3O2S. The molecule has 0 spiro atoms. The zero-order valence-electron chi connectivity index (χ0n) is 14.7. The van der Waals surface area contributed by atoms with Gasteiger partial charge in [0.1, 0.15) is 11.3 Å². The highest BCUT2D eigenvalue weighted by Crippen LogP contribution is 2.23. The van der Waals surface area contributed by atoms with E-state index in [-0.39, 0.29) is 5.56 Å². The minimum Gasteiger partial charge on any atom is -0.467 e. The SMILES string of the molecule is Cc1ccc(CSc2nc3cc(C)[nH]c3c(=O)n2Cc2ccco2)cc1. The van der Waals surface area contributed by atoms with Crippen molar-refractivity contribution < 1.29 is 4.42 Å². The van der Waals surface area contributed by atoms with Crippen molar-refractivity contribution in [3.05, 3.63) is 81.7 Å². The van der Waals surface area contributed by atoms with E-state index in [4.69, 9.17) is 9.40 Å². The highest BCUT2D eigenvalue weighted by Gasteiger charge is 2.15. The zero-order chi connectivity index (χ0) is 18.1. The lowest BCUT2D eigenvalue weighted by Gasteiger charge is -2.11. The van der Waals surface area contributed by atoms with Crippen molar-refractivity contribution in [3.63, 3.8) is 0 Å². The molecule has 3 aromatic heterocycles. The Balaban J connectivity index is 1.73. The Hall–Kier alpha value is -2.73. The second-order valence-corrected chi connectivity index (χ2v) is 7.29. The summed E-state index contributed by atoms with van der Waals surface area (Å²) in [6.45, 7) is 4.36. The molecule has 0 atom stereocenters. The molecule has 0 bridgehead atoms. The molecule has 0 aliphatic rings. The molecule has 26 heavy (non-hydrogen) atoms. The number of nitrogens with zero attached hydrogens (tertiary/aromatic N) is 2. The van der Waals surface area contributed by atoms with Crippen LogP contribution in [0.5, 0.6) is 0 Å². The lowest BCUT2D eigenvalue weighted by molar-refractivity contribution is 0.476. The predicted molar refractivity (Wildman–Crippen MR) is 104 cm³/mol. The Morgan fingerprint density at radius 2 is 2.00 bits per heavy atom. The van der Waals surface area contributed by atoms with Gasteiger partial charge in [0.25, 0.3) is 5.56 Å². The second kappa shape index (κ2) is 6.88. The zero-order valence-corrected chi connectivity index (χ0v) is 15.5. The third-order valence-electron chi connectivity index (χ3n) is 4.22. The largest absolute Gasteiger partial charge is 0.467 e. The topological polar surface area (TPSA) is 63.8 Å². The van der Waals surface area contributed by atoms with Gasteiger partial charge in [-0.25, -0.2) is 4.98 Å².